The van der Waals surface area contributed by atoms with Crippen molar-refractivity contribution >= 4 is 12.1 Å². The van der Waals surface area contributed by atoms with E-state index in [4.69, 9.17) is 0 Å². The first-order valence-corrected chi connectivity index (χ1v) is 10.2. The lowest BCUT2D eigenvalue weighted by molar-refractivity contribution is 0.0860. The molecule has 3 aliphatic rings. The first-order chi connectivity index (χ1) is 12.3. The predicted molar refractivity (Wildman–Crippen MR) is 102 cm³/mol. The summed E-state index contributed by atoms with van der Waals surface area (Å²) in [4.78, 5) is 17.8. The quantitative estimate of drug-likeness (QED) is 0.692. The van der Waals surface area contributed by atoms with Gasteiger partial charge in [-0.25, -0.2) is 4.79 Å². The van der Waals surface area contributed by atoms with Crippen LogP contribution in [-0.2, 0) is 6.54 Å². The van der Waals surface area contributed by atoms with Gasteiger partial charge in [0, 0.05) is 18.3 Å². The Kier molecular flexibility index (Phi) is 5.09. The lowest BCUT2D eigenvalue weighted by atomic mass is 9.89. The van der Waals surface area contributed by atoms with Gasteiger partial charge < -0.3 is 4.90 Å². The normalized spacial score (nSPS) is 21.8. The van der Waals surface area contributed by atoms with Crippen molar-refractivity contribution in [3.05, 3.63) is 41.6 Å². The Morgan fingerprint density at radius 3 is 2.12 bits per heavy atom. The van der Waals surface area contributed by atoms with Crippen LogP contribution < -0.4 is 0 Å². The molecule has 0 atom stereocenters. The van der Waals surface area contributed by atoms with Gasteiger partial charge in [0.1, 0.15) is 0 Å². The third-order valence-electron chi connectivity index (χ3n) is 6.23. The number of fused-ring (bicyclic) bond motifs is 1. The van der Waals surface area contributed by atoms with Crippen LogP contribution in [0.4, 0.5) is 4.79 Å². The number of amides is 2. The summed E-state index contributed by atoms with van der Waals surface area (Å²) in [6.45, 7) is 0.710. The van der Waals surface area contributed by atoms with Crippen LogP contribution in [0.5, 0.6) is 0 Å². The van der Waals surface area contributed by atoms with Gasteiger partial charge >= 0.3 is 6.03 Å². The second-order valence-corrected chi connectivity index (χ2v) is 7.92. The lowest BCUT2D eigenvalue weighted by Gasteiger charge is -2.43. The molecule has 0 aromatic heterocycles. The molecule has 0 bridgehead atoms. The number of hydrogen-bond acceptors (Lipinski definition) is 1. The highest BCUT2D eigenvalue weighted by Crippen LogP contribution is 2.32. The molecule has 0 N–H and O–H groups in total. The number of carbonyl (C=O) groups excluding carboxylic acids is 1. The Balaban J connectivity index is 1.55. The van der Waals surface area contributed by atoms with Gasteiger partial charge in [-0.3, -0.25) is 4.90 Å². The van der Waals surface area contributed by atoms with E-state index >= 15 is 0 Å². The fourth-order valence-electron chi connectivity index (χ4n) is 4.86. The van der Waals surface area contributed by atoms with Crippen molar-refractivity contribution < 1.29 is 4.79 Å². The number of rotatable bonds is 2. The molecule has 3 nitrogen and oxygen atoms in total. The molecule has 0 saturated heterocycles. The first kappa shape index (κ1) is 16.7. The van der Waals surface area contributed by atoms with E-state index in [0.29, 0.717) is 18.6 Å². The molecule has 0 spiro atoms. The molecular weight excluding hydrogens is 308 g/mol. The van der Waals surface area contributed by atoms with E-state index in [1.165, 1.54) is 75.3 Å². The molecule has 1 heterocycles. The summed E-state index contributed by atoms with van der Waals surface area (Å²) in [5, 5.41) is 0. The minimum absolute atomic E-state index is 0.240. The third kappa shape index (κ3) is 3.61. The van der Waals surface area contributed by atoms with Crippen LogP contribution in [0.2, 0.25) is 0 Å². The van der Waals surface area contributed by atoms with Crippen molar-refractivity contribution in [2.24, 2.45) is 0 Å². The molecule has 134 valence electrons. The second-order valence-electron chi connectivity index (χ2n) is 7.92. The third-order valence-corrected chi connectivity index (χ3v) is 6.23. The lowest BCUT2D eigenvalue weighted by Crippen LogP contribution is -2.52. The molecule has 3 heteroatoms. The molecular formula is C22H30N2O. The molecule has 2 fully saturated rings. The zero-order chi connectivity index (χ0) is 17.1. The molecule has 0 unspecified atom stereocenters. The molecule has 25 heavy (non-hydrogen) atoms. The van der Waals surface area contributed by atoms with Gasteiger partial charge in [0.05, 0.1) is 6.54 Å². The molecule has 2 saturated carbocycles. The Labute approximate surface area is 151 Å². The van der Waals surface area contributed by atoms with Gasteiger partial charge in [-0.05, 0) is 42.9 Å². The standard InChI is InChI=1S/C22H30N2O/c25-22(23-16-15-18-9-7-8-10-19(18)17-23)24(20-11-3-1-4-12-20)21-13-5-2-6-14-21/h7-10,15-16,20-21H,1-6,11-14,17H2. The molecule has 4 rings (SSSR count). The molecule has 0 radical (unpaired) electrons. The SMILES string of the molecule is O=C(N1C=Cc2ccccc2C1)N(C1CCCCC1)C1CCCCC1. The fraction of sp³-hybridized carbons (Fsp3) is 0.591. The highest BCUT2D eigenvalue weighted by atomic mass is 16.2. The molecule has 1 aromatic rings. The summed E-state index contributed by atoms with van der Waals surface area (Å²) in [6.07, 6.45) is 16.6. The average molecular weight is 338 g/mol. The molecule has 2 aliphatic carbocycles. The Bertz CT molecular complexity index is 609. The van der Waals surface area contributed by atoms with Crippen molar-refractivity contribution in [1.82, 2.24) is 9.80 Å². The zero-order valence-electron chi connectivity index (χ0n) is 15.2. The van der Waals surface area contributed by atoms with Gasteiger partial charge in [-0.15, -0.1) is 0 Å². The van der Waals surface area contributed by atoms with Gasteiger partial charge in [0.2, 0.25) is 0 Å². The highest BCUT2D eigenvalue weighted by molar-refractivity contribution is 5.78. The Morgan fingerprint density at radius 1 is 0.880 bits per heavy atom. The van der Waals surface area contributed by atoms with Crippen LogP contribution in [0.25, 0.3) is 6.08 Å². The van der Waals surface area contributed by atoms with E-state index in [2.05, 4.69) is 35.2 Å². The number of carbonyl (C=O) groups is 1. The van der Waals surface area contributed by atoms with Crippen LogP contribution in [-0.4, -0.2) is 27.9 Å². The van der Waals surface area contributed by atoms with Gasteiger partial charge in [-0.1, -0.05) is 62.8 Å². The molecule has 1 aromatic carbocycles. The van der Waals surface area contributed by atoms with Crippen LogP contribution >= 0.6 is 0 Å². The second kappa shape index (κ2) is 7.63. The van der Waals surface area contributed by atoms with Crippen LogP contribution in [0, 0.1) is 0 Å². The molecule has 1 aliphatic heterocycles. The van der Waals surface area contributed by atoms with E-state index in [9.17, 15) is 4.79 Å². The van der Waals surface area contributed by atoms with Gasteiger partial charge in [-0.2, -0.15) is 0 Å². The van der Waals surface area contributed by atoms with Crippen LogP contribution in [0.15, 0.2) is 30.5 Å². The maximum absolute atomic E-state index is 13.5. The van der Waals surface area contributed by atoms with Crippen molar-refractivity contribution in [1.29, 1.82) is 0 Å². The maximum atomic E-state index is 13.5. The number of urea groups is 1. The van der Waals surface area contributed by atoms with E-state index in [0.717, 1.165) is 0 Å². The number of hydrogen-bond donors (Lipinski definition) is 0. The van der Waals surface area contributed by atoms with Crippen molar-refractivity contribution in [2.75, 3.05) is 0 Å². The number of nitrogens with zero attached hydrogens (tertiary/aromatic N) is 2. The number of benzene rings is 1. The first-order valence-electron chi connectivity index (χ1n) is 10.2. The van der Waals surface area contributed by atoms with Crippen LogP contribution in [0.3, 0.4) is 0 Å². The maximum Gasteiger partial charge on any atom is 0.324 e. The topological polar surface area (TPSA) is 23.6 Å². The minimum atomic E-state index is 0.240. The average Bonchev–Trinajstić information content (AvgIpc) is 2.69. The van der Waals surface area contributed by atoms with E-state index in [1.54, 1.807) is 0 Å². The van der Waals surface area contributed by atoms with E-state index in [-0.39, 0.29) is 6.03 Å². The van der Waals surface area contributed by atoms with E-state index in [1.807, 2.05) is 11.1 Å². The summed E-state index contributed by atoms with van der Waals surface area (Å²) >= 11 is 0. The summed E-state index contributed by atoms with van der Waals surface area (Å²) < 4.78 is 0. The highest BCUT2D eigenvalue weighted by Gasteiger charge is 2.35. The monoisotopic (exact) mass is 338 g/mol. The largest absolute Gasteiger partial charge is 0.324 e. The van der Waals surface area contributed by atoms with Crippen LogP contribution in [0.1, 0.15) is 75.3 Å². The van der Waals surface area contributed by atoms with Crippen molar-refractivity contribution in [3.8, 4) is 0 Å². The fourth-order valence-corrected chi connectivity index (χ4v) is 4.86. The zero-order valence-corrected chi connectivity index (χ0v) is 15.2. The van der Waals surface area contributed by atoms with Crippen molar-refractivity contribution in [2.45, 2.75) is 82.8 Å². The minimum Gasteiger partial charge on any atom is -0.318 e. The van der Waals surface area contributed by atoms with Gasteiger partial charge in [0.25, 0.3) is 0 Å². The molecule has 2 amide bonds. The predicted octanol–water partition coefficient (Wildman–Crippen LogP) is 5.56. The van der Waals surface area contributed by atoms with Crippen molar-refractivity contribution in [3.63, 3.8) is 0 Å². The summed E-state index contributed by atoms with van der Waals surface area (Å²) in [5.41, 5.74) is 2.50. The Morgan fingerprint density at radius 2 is 1.48 bits per heavy atom. The smallest absolute Gasteiger partial charge is 0.318 e. The summed E-state index contributed by atoms with van der Waals surface area (Å²) in [6, 6.07) is 9.56. The van der Waals surface area contributed by atoms with E-state index < -0.39 is 0 Å². The van der Waals surface area contributed by atoms with Gasteiger partial charge in [0.15, 0.2) is 0 Å². The Hall–Kier alpha value is -1.77. The summed E-state index contributed by atoms with van der Waals surface area (Å²) in [7, 11) is 0. The summed E-state index contributed by atoms with van der Waals surface area (Å²) in [5.74, 6) is 0.